The molecule has 1 N–H and O–H groups in total. The van der Waals surface area contributed by atoms with Crippen LogP contribution in [0, 0.1) is 5.82 Å². The maximum Gasteiger partial charge on any atom is 0.126 e. The van der Waals surface area contributed by atoms with Crippen LogP contribution in [0.5, 0.6) is 0 Å². The minimum atomic E-state index is -0.715. The molecule has 2 saturated heterocycles. The molecule has 1 aromatic rings. The van der Waals surface area contributed by atoms with Crippen LogP contribution in [0.3, 0.4) is 0 Å². The summed E-state index contributed by atoms with van der Waals surface area (Å²) in [5.74, 6) is -0.195. The number of nitrogens with zero attached hydrogens (tertiary/aromatic N) is 1. The Morgan fingerprint density at radius 1 is 1.33 bits per heavy atom. The summed E-state index contributed by atoms with van der Waals surface area (Å²) < 4.78 is 13.7. The number of hydrogen-bond acceptors (Lipinski definition) is 2. The standard InChI is InChI=1S/C15H20FNO/c16-14-6-2-1-4-12(14)10-15(18)7-9-17-8-3-5-13(17)11-15/h1-2,4,6,13,18H,3,5,7-11H2. The highest BCUT2D eigenvalue weighted by Gasteiger charge is 2.40. The lowest BCUT2D eigenvalue weighted by atomic mass is 9.82. The largest absolute Gasteiger partial charge is 0.389 e. The Labute approximate surface area is 107 Å². The van der Waals surface area contributed by atoms with Crippen LogP contribution < -0.4 is 0 Å². The quantitative estimate of drug-likeness (QED) is 0.869. The van der Waals surface area contributed by atoms with E-state index in [1.165, 1.54) is 25.5 Å². The number of piperidine rings is 1. The third-order valence-electron chi connectivity index (χ3n) is 4.46. The van der Waals surface area contributed by atoms with Gasteiger partial charge in [0.1, 0.15) is 5.82 Å². The first kappa shape index (κ1) is 12.1. The molecular formula is C15H20FNO. The third kappa shape index (κ3) is 2.29. The van der Waals surface area contributed by atoms with Gasteiger partial charge in [-0.15, -0.1) is 0 Å². The molecule has 3 heteroatoms. The molecule has 1 aromatic carbocycles. The van der Waals surface area contributed by atoms with Gasteiger partial charge in [-0.3, -0.25) is 0 Å². The fourth-order valence-electron chi connectivity index (χ4n) is 3.47. The van der Waals surface area contributed by atoms with E-state index in [1.54, 1.807) is 12.1 Å². The summed E-state index contributed by atoms with van der Waals surface area (Å²) >= 11 is 0. The lowest BCUT2D eigenvalue weighted by Gasteiger charge is -2.41. The molecule has 0 spiro atoms. The van der Waals surface area contributed by atoms with Crippen molar-refractivity contribution in [2.75, 3.05) is 13.1 Å². The molecule has 2 nitrogen and oxygen atoms in total. The predicted octanol–water partition coefficient (Wildman–Crippen LogP) is 2.36. The van der Waals surface area contributed by atoms with Crippen molar-refractivity contribution in [3.05, 3.63) is 35.6 Å². The fraction of sp³-hybridized carbons (Fsp3) is 0.600. The second kappa shape index (κ2) is 4.63. The number of hydrogen-bond donors (Lipinski definition) is 1. The van der Waals surface area contributed by atoms with Gasteiger partial charge in [-0.05, 0) is 43.9 Å². The number of halogens is 1. The van der Waals surface area contributed by atoms with Gasteiger partial charge in [-0.1, -0.05) is 18.2 Å². The van der Waals surface area contributed by atoms with E-state index in [-0.39, 0.29) is 5.82 Å². The van der Waals surface area contributed by atoms with E-state index >= 15 is 0 Å². The molecule has 0 aliphatic carbocycles. The van der Waals surface area contributed by atoms with Crippen LogP contribution in [0.15, 0.2) is 24.3 Å². The number of aliphatic hydroxyl groups is 1. The van der Waals surface area contributed by atoms with E-state index in [9.17, 15) is 9.50 Å². The predicted molar refractivity (Wildman–Crippen MR) is 68.9 cm³/mol. The molecule has 2 atom stereocenters. The van der Waals surface area contributed by atoms with Crippen molar-refractivity contribution in [2.45, 2.75) is 43.7 Å². The van der Waals surface area contributed by atoms with Crippen LogP contribution in [-0.4, -0.2) is 34.7 Å². The molecule has 0 saturated carbocycles. The van der Waals surface area contributed by atoms with Crippen LogP contribution in [-0.2, 0) is 6.42 Å². The first-order valence-corrected chi connectivity index (χ1v) is 6.86. The van der Waals surface area contributed by atoms with Crippen molar-refractivity contribution in [1.29, 1.82) is 0 Å². The Hall–Kier alpha value is -0.930. The molecule has 2 aliphatic rings. The van der Waals surface area contributed by atoms with Gasteiger partial charge in [0.05, 0.1) is 5.60 Å². The lowest BCUT2D eigenvalue weighted by molar-refractivity contribution is -0.0359. The molecular weight excluding hydrogens is 229 g/mol. The normalized spacial score (nSPS) is 32.4. The topological polar surface area (TPSA) is 23.5 Å². The van der Waals surface area contributed by atoms with E-state index in [0.29, 0.717) is 18.0 Å². The Balaban J connectivity index is 1.74. The van der Waals surface area contributed by atoms with Crippen LogP contribution in [0.25, 0.3) is 0 Å². The van der Waals surface area contributed by atoms with E-state index < -0.39 is 5.60 Å². The van der Waals surface area contributed by atoms with Crippen molar-refractivity contribution in [2.24, 2.45) is 0 Å². The first-order valence-electron chi connectivity index (χ1n) is 6.86. The molecule has 2 fully saturated rings. The van der Waals surface area contributed by atoms with E-state index in [1.807, 2.05) is 6.07 Å². The molecule has 0 aromatic heterocycles. The van der Waals surface area contributed by atoms with Crippen LogP contribution in [0.2, 0.25) is 0 Å². The van der Waals surface area contributed by atoms with Gasteiger partial charge < -0.3 is 10.0 Å². The summed E-state index contributed by atoms with van der Waals surface area (Å²) in [6.07, 6.45) is 4.42. The van der Waals surface area contributed by atoms with Gasteiger partial charge in [0.25, 0.3) is 0 Å². The summed E-state index contributed by atoms with van der Waals surface area (Å²) in [6.45, 7) is 2.12. The Kier molecular flexibility index (Phi) is 3.12. The molecule has 98 valence electrons. The Morgan fingerprint density at radius 3 is 3.00 bits per heavy atom. The highest BCUT2D eigenvalue weighted by Crippen LogP contribution is 2.35. The Bertz CT molecular complexity index is 436. The maximum atomic E-state index is 13.7. The summed E-state index contributed by atoms with van der Waals surface area (Å²) in [5, 5.41) is 10.7. The zero-order chi connectivity index (χ0) is 12.6. The van der Waals surface area contributed by atoms with Crippen LogP contribution >= 0.6 is 0 Å². The summed E-state index contributed by atoms with van der Waals surface area (Å²) in [6, 6.07) is 7.31. The van der Waals surface area contributed by atoms with Crippen molar-refractivity contribution >= 4 is 0 Å². The first-order chi connectivity index (χ1) is 8.66. The van der Waals surface area contributed by atoms with E-state index in [0.717, 1.165) is 19.4 Å². The zero-order valence-corrected chi connectivity index (χ0v) is 10.6. The monoisotopic (exact) mass is 249 g/mol. The summed E-state index contributed by atoms with van der Waals surface area (Å²) in [5.41, 5.74) is -0.0697. The lowest BCUT2D eigenvalue weighted by Crippen LogP contribution is -2.48. The molecule has 0 amide bonds. The van der Waals surface area contributed by atoms with Crippen LogP contribution in [0.1, 0.15) is 31.2 Å². The average molecular weight is 249 g/mol. The highest BCUT2D eigenvalue weighted by molar-refractivity contribution is 5.20. The van der Waals surface area contributed by atoms with Gasteiger partial charge in [-0.25, -0.2) is 4.39 Å². The molecule has 0 radical (unpaired) electrons. The summed E-state index contributed by atoms with van der Waals surface area (Å²) in [7, 11) is 0. The Morgan fingerprint density at radius 2 is 2.17 bits per heavy atom. The fourth-order valence-corrected chi connectivity index (χ4v) is 3.47. The molecule has 2 heterocycles. The minimum Gasteiger partial charge on any atom is -0.389 e. The van der Waals surface area contributed by atoms with E-state index in [4.69, 9.17) is 0 Å². The van der Waals surface area contributed by atoms with Gasteiger partial charge in [-0.2, -0.15) is 0 Å². The molecule has 2 aliphatic heterocycles. The van der Waals surface area contributed by atoms with Gasteiger partial charge >= 0.3 is 0 Å². The smallest absolute Gasteiger partial charge is 0.126 e. The minimum absolute atomic E-state index is 0.195. The van der Waals surface area contributed by atoms with Crippen molar-refractivity contribution < 1.29 is 9.50 Å². The average Bonchev–Trinajstić information content (AvgIpc) is 2.79. The van der Waals surface area contributed by atoms with Gasteiger partial charge in [0.15, 0.2) is 0 Å². The zero-order valence-electron chi connectivity index (χ0n) is 10.6. The molecule has 0 bridgehead atoms. The number of benzene rings is 1. The van der Waals surface area contributed by atoms with Crippen LogP contribution in [0.4, 0.5) is 4.39 Å². The maximum absolute atomic E-state index is 13.7. The van der Waals surface area contributed by atoms with Gasteiger partial charge in [0.2, 0.25) is 0 Å². The van der Waals surface area contributed by atoms with Crippen molar-refractivity contribution in [3.8, 4) is 0 Å². The second-order valence-electron chi connectivity index (χ2n) is 5.78. The number of rotatable bonds is 2. The molecule has 2 unspecified atom stereocenters. The highest BCUT2D eigenvalue weighted by atomic mass is 19.1. The van der Waals surface area contributed by atoms with Crippen molar-refractivity contribution in [1.82, 2.24) is 4.90 Å². The second-order valence-corrected chi connectivity index (χ2v) is 5.78. The van der Waals surface area contributed by atoms with Crippen molar-refractivity contribution in [3.63, 3.8) is 0 Å². The third-order valence-corrected chi connectivity index (χ3v) is 4.46. The SMILES string of the molecule is OC1(Cc2ccccc2F)CCN2CCCC2C1. The number of fused-ring (bicyclic) bond motifs is 1. The van der Waals surface area contributed by atoms with Gasteiger partial charge in [0, 0.05) is 19.0 Å². The van der Waals surface area contributed by atoms with E-state index in [2.05, 4.69) is 4.90 Å². The summed E-state index contributed by atoms with van der Waals surface area (Å²) in [4.78, 5) is 2.47. The molecule has 18 heavy (non-hydrogen) atoms. The molecule has 3 rings (SSSR count).